The summed E-state index contributed by atoms with van der Waals surface area (Å²) in [5.74, 6) is -0.197. The van der Waals surface area contributed by atoms with Crippen LogP contribution >= 0.6 is 0 Å². The first-order valence-corrected chi connectivity index (χ1v) is 5.96. The smallest absolute Gasteiger partial charge is 0.302 e. The van der Waals surface area contributed by atoms with Crippen molar-refractivity contribution < 1.29 is 9.53 Å². The second kappa shape index (κ2) is 5.53. The number of carbonyl (C=O) groups is 1. The Morgan fingerprint density at radius 1 is 1.29 bits per heavy atom. The van der Waals surface area contributed by atoms with Crippen LogP contribution in [0, 0.1) is 0 Å². The third-order valence-corrected chi connectivity index (χ3v) is 2.82. The highest BCUT2D eigenvalue weighted by molar-refractivity contribution is 5.82. The number of hydrogen-bond acceptors (Lipinski definition) is 2. The third-order valence-electron chi connectivity index (χ3n) is 2.82. The molecule has 0 aliphatic rings. The summed E-state index contributed by atoms with van der Waals surface area (Å²) in [6.45, 7) is 1.97. The van der Waals surface area contributed by atoms with E-state index in [-0.39, 0.29) is 5.97 Å². The molecule has 0 aliphatic carbocycles. The van der Waals surface area contributed by atoms with Crippen molar-refractivity contribution in [3.63, 3.8) is 0 Å². The van der Waals surface area contributed by atoms with E-state index in [1.807, 2.05) is 6.07 Å². The molecule has 1 aromatic carbocycles. The van der Waals surface area contributed by atoms with Crippen LogP contribution in [0.3, 0.4) is 0 Å². The van der Waals surface area contributed by atoms with E-state index < -0.39 is 0 Å². The van der Waals surface area contributed by atoms with Crippen LogP contribution in [0.2, 0.25) is 0 Å². The van der Waals surface area contributed by atoms with E-state index in [0.717, 1.165) is 19.3 Å². The van der Waals surface area contributed by atoms with E-state index in [9.17, 15) is 4.79 Å². The maximum Gasteiger partial charge on any atom is 0.302 e. The van der Waals surface area contributed by atoms with Crippen LogP contribution in [-0.4, -0.2) is 17.6 Å². The molecule has 0 saturated carbocycles. The largest absolute Gasteiger partial charge is 0.466 e. The Bertz CT molecular complexity index is 502. The molecule has 0 fully saturated rings. The molecule has 1 aromatic heterocycles. The lowest BCUT2D eigenvalue weighted by Crippen LogP contribution is -2.00. The molecule has 1 heterocycles. The number of aromatic amines is 1. The van der Waals surface area contributed by atoms with Crippen molar-refractivity contribution in [3.05, 3.63) is 36.0 Å². The number of hydrogen-bond donors (Lipinski definition) is 1. The van der Waals surface area contributed by atoms with Crippen molar-refractivity contribution in [3.8, 4) is 0 Å². The third kappa shape index (κ3) is 3.09. The number of benzene rings is 1. The van der Waals surface area contributed by atoms with Gasteiger partial charge < -0.3 is 9.72 Å². The molecule has 2 rings (SSSR count). The topological polar surface area (TPSA) is 42.1 Å². The van der Waals surface area contributed by atoms with E-state index in [1.54, 1.807) is 0 Å². The Labute approximate surface area is 101 Å². The summed E-state index contributed by atoms with van der Waals surface area (Å²) < 4.78 is 4.90. The average Bonchev–Trinajstić information content (AvgIpc) is 2.72. The number of ether oxygens (including phenoxy) is 1. The molecule has 0 spiro atoms. The van der Waals surface area contributed by atoms with E-state index in [1.165, 1.54) is 23.4 Å². The lowest BCUT2D eigenvalue weighted by Gasteiger charge is -2.01. The van der Waals surface area contributed by atoms with Crippen molar-refractivity contribution in [2.24, 2.45) is 0 Å². The highest BCUT2D eigenvalue weighted by atomic mass is 16.5. The Balaban J connectivity index is 1.85. The van der Waals surface area contributed by atoms with Crippen LogP contribution in [0.15, 0.2) is 30.5 Å². The van der Waals surface area contributed by atoms with Gasteiger partial charge in [-0.15, -0.1) is 0 Å². The fourth-order valence-electron chi connectivity index (χ4n) is 1.97. The lowest BCUT2D eigenvalue weighted by molar-refractivity contribution is -0.141. The summed E-state index contributed by atoms with van der Waals surface area (Å²) in [5, 5.41) is 1.29. The number of aryl methyl sites for hydroxylation is 1. The van der Waals surface area contributed by atoms with Crippen molar-refractivity contribution in [1.82, 2.24) is 4.98 Å². The summed E-state index contributed by atoms with van der Waals surface area (Å²) in [5.41, 5.74) is 2.52. The molecule has 0 unspecified atom stereocenters. The Kier molecular flexibility index (Phi) is 3.81. The SMILES string of the molecule is CC(=O)OCCCCc1c[nH]c2ccccc12. The van der Waals surface area contributed by atoms with Crippen LogP contribution in [0.5, 0.6) is 0 Å². The molecule has 2 aromatic rings. The predicted octanol–water partition coefficient (Wildman–Crippen LogP) is 3.05. The van der Waals surface area contributed by atoms with Crippen molar-refractivity contribution in [2.75, 3.05) is 6.61 Å². The molecule has 1 N–H and O–H groups in total. The zero-order valence-corrected chi connectivity index (χ0v) is 10.0. The summed E-state index contributed by atoms with van der Waals surface area (Å²) in [7, 11) is 0. The molecule has 0 bridgehead atoms. The number of carbonyl (C=O) groups excluding carboxylic acids is 1. The van der Waals surface area contributed by atoms with Gasteiger partial charge in [-0.2, -0.15) is 0 Å². The Hall–Kier alpha value is -1.77. The summed E-state index contributed by atoms with van der Waals surface area (Å²) >= 11 is 0. The number of esters is 1. The fourth-order valence-corrected chi connectivity index (χ4v) is 1.97. The lowest BCUT2D eigenvalue weighted by atomic mass is 10.1. The van der Waals surface area contributed by atoms with Crippen LogP contribution in [0.4, 0.5) is 0 Å². The predicted molar refractivity (Wildman–Crippen MR) is 67.9 cm³/mol. The average molecular weight is 231 g/mol. The molecular formula is C14H17NO2. The van der Waals surface area contributed by atoms with Crippen LogP contribution in [-0.2, 0) is 16.0 Å². The highest BCUT2D eigenvalue weighted by Gasteiger charge is 2.02. The van der Waals surface area contributed by atoms with Gasteiger partial charge in [0, 0.05) is 24.0 Å². The monoisotopic (exact) mass is 231 g/mol. The number of unbranched alkanes of at least 4 members (excludes halogenated alkanes) is 1. The number of rotatable bonds is 5. The quantitative estimate of drug-likeness (QED) is 0.634. The summed E-state index contributed by atoms with van der Waals surface area (Å²) in [4.78, 5) is 13.8. The molecule has 17 heavy (non-hydrogen) atoms. The minimum absolute atomic E-state index is 0.197. The molecule has 0 aliphatic heterocycles. The molecule has 3 nitrogen and oxygen atoms in total. The van der Waals surface area contributed by atoms with Gasteiger partial charge in [-0.25, -0.2) is 0 Å². The van der Waals surface area contributed by atoms with Crippen LogP contribution in [0.25, 0.3) is 10.9 Å². The van der Waals surface area contributed by atoms with Gasteiger partial charge in [0.25, 0.3) is 0 Å². The van der Waals surface area contributed by atoms with Crippen LogP contribution in [0.1, 0.15) is 25.3 Å². The molecule has 3 heteroatoms. The number of para-hydroxylation sites is 1. The first-order valence-electron chi connectivity index (χ1n) is 5.96. The molecule has 0 radical (unpaired) electrons. The van der Waals surface area contributed by atoms with Gasteiger partial charge in [0.2, 0.25) is 0 Å². The maximum atomic E-state index is 10.6. The van der Waals surface area contributed by atoms with Crippen molar-refractivity contribution >= 4 is 16.9 Å². The zero-order chi connectivity index (χ0) is 12.1. The molecule has 90 valence electrons. The van der Waals surface area contributed by atoms with Gasteiger partial charge in [-0.1, -0.05) is 18.2 Å². The number of nitrogens with one attached hydrogen (secondary N) is 1. The summed E-state index contributed by atoms with van der Waals surface area (Å²) in [6, 6.07) is 8.30. The fraction of sp³-hybridized carbons (Fsp3) is 0.357. The van der Waals surface area contributed by atoms with E-state index in [4.69, 9.17) is 4.74 Å². The highest BCUT2D eigenvalue weighted by Crippen LogP contribution is 2.19. The van der Waals surface area contributed by atoms with Gasteiger partial charge in [-0.3, -0.25) is 4.79 Å². The molecular weight excluding hydrogens is 214 g/mol. The number of aromatic nitrogens is 1. The van der Waals surface area contributed by atoms with E-state index >= 15 is 0 Å². The number of fused-ring (bicyclic) bond motifs is 1. The van der Waals surface area contributed by atoms with Gasteiger partial charge in [0.15, 0.2) is 0 Å². The summed E-state index contributed by atoms with van der Waals surface area (Å²) in [6.07, 6.45) is 5.04. The first-order chi connectivity index (χ1) is 8.27. The number of H-pyrrole nitrogens is 1. The van der Waals surface area contributed by atoms with Crippen LogP contribution < -0.4 is 0 Å². The van der Waals surface area contributed by atoms with Gasteiger partial charge in [-0.05, 0) is 30.9 Å². The van der Waals surface area contributed by atoms with Gasteiger partial charge >= 0.3 is 5.97 Å². The molecule has 0 saturated heterocycles. The van der Waals surface area contributed by atoms with Gasteiger partial charge in [0.05, 0.1) is 6.61 Å². The minimum atomic E-state index is -0.197. The molecule has 0 atom stereocenters. The normalized spacial score (nSPS) is 10.6. The first kappa shape index (κ1) is 11.7. The second-order valence-corrected chi connectivity index (χ2v) is 4.16. The minimum Gasteiger partial charge on any atom is -0.466 e. The maximum absolute atomic E-state index is 10.6. The van der Waals surface area contributed by atoms with Crippen molar-refractivity contribution in [1.29, 1.82) is 0 Å². The standard InChI is InChI=1S/C14H17NO2/c1-11(16)17-9-5-4-6-12-10-15-14-8-3-2-7-13(12)14/h2-3,7-8,10,15H,4-6,9H2,1H3. The van der Waals surface area contributed by atoms with Gasteiger partial charge in [0.1, 0.15) is 0 Å². The zero-order valence-electron chi connectivity index (χ0n) is 10.0. The van der Waals surface area contributed by atoms with E-state index in [0.29, 0.717) is 6.61 Å². The Morgan fingerprint density at radius 2 is 2.12 bits per heavy atom. The second-order valence-electron chi connectivity index (χ2n) is 4.16. The van der Waals surface area contributed by atoms with Crippen molar-refractivity contribution in [2.45, 2.75) is 26.2 Å². The van der Waals surface area contributed by atoms with E-state index in [2.05, 4.69) is 29.4 Å². The Morgan fingerprint density at radius 3 is 2.94 bits per heavy atom. The molecule has 0 amide bonds.